The maximum Gasteiger partial charge on any atom is 0.372 e. The second kappa shape index (κ2) is 5.40. The summed E-state index contributed by atoms with van der Waals surface area (Å²) in [5.74, 6) is 0.243. The molecule has 5 heteroatoms. The zero-order valence-corrected chi connectivity index (χ0v) is 11.6. The van der Waals surface area contributed by atoms with Crippen molar-refractivity contribution in [2.24, 2.45) is 0 Å². The van der Waals surface area contributed by atoms with Crippen molar-refractivity contribution in [3.8, 4) is 0 Å². The monoisotopic (exact) mass is 277 g/mol. The average Bonchev–Trinajstić information content (AvgIpc) is 2.72. The molecular formula is C14H15NO3S. The first-order chi connectivity index (χ1) is 8.97. The lowest BCUT2D eigenvalue weighted by atomic mass is 10.2. The van der Waals surface area contributed by atoms with Crippen LogP contribution in [0.3, 0.4) is 0 Å². The molecule has 1 aromatic heterocycles. The molecule has 0 saturated carbocycles. The highest BCUT2D eigenvalue weighted by atomic mass is 32.2. The van der Waals surface area contributed by atoms with Crippen molar-refractivity contribution < 1.29 is 14.3 Å². The third-order valence-corrected chi connectivity index (χ3v) is 3.80. The SMILES string of the molecule is Cc1cc(SCc2cc(C)c(C(=O)O)o2)ccc1N. The van der Waals surface area contributed by atoms with E-state index in [4.69, 9.17) is 15.3 Å². The fraction of sp³-hybridized carbons (Fsp3) is 0.214. The molecule has 0 fully saturated rings. The van der Waals surface area contributed by atoms with E-state index in [0.717, 1.165) is 16.1 Å². The number of nitrogens with two attached hydrogens (primary N) is 1. The fourth-order valence-electron chi connectivity index (χ4n) is 1.72. The molecule has 0 bridgehead atoms. The summed E-state index contributed by atoms with van der Waals surface area (Å²) in [6.07, 6.45) is 0. The number of carboxylic acid groups (broad SMARTS) is 1. The van der Waals surface area contributed by atoms with Crippen molar-refractivity contribution in [2.75, 3.05) is 5.73 Å². The van der Waals surface area contributed by atoms with Crippen molar-refractivity contribution in [3.05, 3.63) is 46.9 Å². The van der Waals surface area contributed by atoms with Gasteiger partial charge in [-0.15, -0.1) is 11.8 Å². The van der Waals surface area contributed by atoms with Crippen molar-refractivity contribution in [1.82, 2.24) is 0 Å². The van der Waals surface area contributed by atoms with Crippen LogP contribution in [0.2, 0.25) is 0 Å². The van der Waals surface area contributed by atoms with E-state index in [2.05, 4.69) is 0 Å². The maximum absolute atomic E-state index is 10.9. The average molecular weight is 277 g/mol. The van der Waals surface area contributed by atoms with E-state index in [-0.39, 0.29) is 5.76 Å². The topological polar surface area (TPSA) is 76.5 Å². The van der Waals surface area contributed by atoms with Crippen LogP contribution in [-0.2, 0) is 5.75 Å². The van der Waals surface area contributed by atoms with Crippen molar-refractivity contribution in [2.45, 2.75) is 24.5 Å². The number of hydrogen-bond acceptors (Lipinski definition) is 4. The fourth-order valence-corrected chi connectivity index (χ4v) is 2.60. The van der Waals surface area contributed by atoms with Crippen molar-refractivity contribution >= 4 is 23.4 Å². The molecule has 2 rings (SSSR count). The summed E-state index contributed by atoms with van der Waals surface area (Å²) in [4.78, 5) is 12.0. The molecular weight excluding hydrogens is 262 g/mol. The number of aryl methyl sites for hydroxylation is 2. The minimum Gasteiger partial charge on any atom is -0.475 e. The Morgan fingerprint density at radius 1 is 1.32 bits per heavy atom. The van der Waals surface area contributed by atoms with E-state index >= 15 is 0 Å². The Hall–Kier alpha value is -1.88. The van der Waals surface area contributed by atoms with Gasteiger partial charge in [-0.05, 0) is 43.7 Å². The van der Waals surface area contributed by atoms with Crippen LogP contribution < -0.4 is 5.73 Å². The molecule has 0 atom stereocenters. The highest BCUT2D eigenvalue weighted by molar-refractivity contribution is 7.98. The van der Waals surface area contributed by atoms with E-state index < -0.39 is 5.97 Å². The number of carbonyl (C=O) groups is 1. The van der Waals surface area contributed by atoms with Crippen molar-refractivity contribution in [1.29, 1.82) is 0 Å². The number of thioether (sulfide) groups is 1. The number of aromatic carboxylic acids is 1. The molecule has 100 valence electrons. The van der Waals surface area contributed by atoms with Gasteiger partial charge in [-0.1, -0.05) is 0 Å². The van der Waals surface area contributed by atoms with Gasteiger partial charge in [0.1, 0.15) is 5.76 Å². The Morgan fingerprint density at radius 2 is 2.05 bits per heavy atom. The van der Waals surface area contributed by atoms with Crippen LogP contribution in [0.4, 0.5) is 5.69 Å². The highest BCUT2D eigenvalue weighted by Gasteiger charge is 2.14. The van der Waals surface area contributed by atoms with Gasteiger partial charge in [0.15, 0.2) is 0 Å². The summed E-state index contributed by atoms with van der Waals surface area (Å²) >= 11 is 1.59. The Balaban J connectivity index is 2.08. The lowest BCUT2D eigenvalue weighted by molar-refractivity contribution is 0.0659. The molecule has 3 N–H and O–H groups in total. The predicted molar refractivity (Wildman–Crippen MR) is 75.6 cm³/mol. The van der Waals surface area contributed by atoms with Crippen LogP contribution in [-0.4, -0.2) is 11.1 Å². The van der Waals surface area contributed by atoms with E-state index in [1.807, 2.05) is 25.1 Å². The first-order valence-corrected chi connectivity index (χ1v) is 6.77. The second-order valence-corrected chi connectivity index (χ2v) is 5.39. The molecule has 0 saturated heterocycles. The smallest absolute Gasteiger partial charge is 0.372 e. The minimum absolute atomic E-state index is 0.0177. The molecule has 0 spiro atoms. The van der Waals surface area contributed by atoms with Gasteiger partial charge in [-0.25, -0.2) is 4.79 Å². The minimum atomic E-state index is -1.03. The van der Waals surface area contributed by atoms with Crippen LogP contribution in [0.25, 0.3) is 0 Å². The zero-order chi connectivity index (χ0) is 14.0. The Bertz CT molecular complexity index is 619. The summed E-state index contributed by atoms with van der Waals surface area (Å²) < 4.78 is 5.31. The molecule has 0 aliphatic carbocycles. The lowest BCUT2D eigenvalue weighted by Crippen LogP contribution is -1.94. The molecule has 0 aliphatic rings. The number of furan rings is 1. The largest absolute Gasteiger partial charge is 0.475 e. The first kappa shape index (κ1) is 13.5. The number of hydrogen-bond donors (Lipinski definition) is 2. The number of benzene rings is 1. The summed E-state index contributed by atoms with van der Waals surface area (Å²) in [5, 5.41) is 8.92. The van der Waals surface area contributed by atoms with Crippen LogP contribution in [0.1, 0.15) is 27.4 Å². The van der Waals surface area contributed by atoms with Gasteiger partial charge in [0.25, 0.3) is 0 Å². The van der Waals surface area contributed by atoms with Gasteiger partial charge in [-0.2, -0.15) is 0 Å². The molecule has 0 aliphatic heterocycles. The van der Waals surface area contributed by atoms with Gasteiger partial charge in [-0.3, -0.25) is 0 Å². The van der Waals surface area contributed by atoms with Gasteiger partial charge in [0.2, 0.25) is 5.76 Å². The number of nitrogen functional groups attached to an aromatic ring is 1. The quantitative estimate of drug-likeness (QED) is 0.661. The van der Waals surface area contributed by atoms with E-state index in [9.17, 15) is 4.79 Å². The Labute approximate surface area is 115 Å². The van der Waals surface area contributed by atoms with Crippen LogP contribution in [0, 0.1) is 13.8 Å². The number of anilines is 1. The summed E-state index contributed by atoms with van der Waals surface area (Å²) in [5.41, 5.74) is 8.21. The Morgan fingerprint density at radius 3 is 2.63 bits per heavy atom. The zero-order valence-electron chi connectivity index (χ0n) is 10.8. The predicted octanol–water partition coefficient (Wildman–Crippen LogP) is 3.47. The molecule has 4 nitrogen and oxygen atoms in total. The molecule has 0 radical (unpaired) electrons. The first-order valence-electron chi connectivity index (χ1n) is 5.79. The van der Waals surface area contributed by atoms with Gasteiger partial charge in [0, 0.05) is 16.1 Å². The van der Waals surface area contributed by atoms with E-state index in [0.29, 0.717) is 17.1 Å². The van der Waals surface area contributed by atoms with E-state index in [1.165, 1.54) is 0 Å². The van der Waals surface area contributed by atoms with Gasteiger partial charge >= 0.3 is 5.97 Å². The number of carboxylic acids is 1. The van der Waals surface area contributed by atoms with Gasteiger partial charge in [0.05, 0.1) is 5.75 Å². The van der Waals surface area contributed by atoms with Gasteiger partial charge < -0.3 is 15.3 Å². The molecule has 2 aromatic rings. The summed E-state index contributed by atoms with van der Waals surface area (Å²) in [6.45, 7) is 3.69. The van der Waals surface area contributed by atoms with Crippen LogP contribution >= 0.6 is 11.8 Å². The van der Waals surface area contributed by atoms with Crippen LogP contribution in [0.15, 0.2) is 33.6 Å². The van der Waals surface area contributed by atoms with Crippen molar-refractivity contribution in [3.63, 3.8) is 0 Å². The van der Waals surface area contributed by atoms with E-state index in [1.54, 1.807) is 24.8 Å². The number of rotatable bonds is 4. The third-order valence-electron chi connectivity index (χ3n) is 2.79. The normalized spacial score (nSPS) is 10.6. The third kappa shape index (κ3) is 3.12. The standard InChI is InChI=1S/C14H15NO3S/c1-8-6-11(3-4-12(8)15)19-7-10-5-9(2)13(18-10)14(16)17/h3-6H,7,15H2,1-2H3,(H,16,17). The molecule has 19 heavy (non-hydrogen) atoms. The Kier molecular flexibility index (Phi) is 3.85. The summed E-state index contributed by atoms with van der Waals surface area (Å²) in [6, 6.07) is 7.59. The molecule has 1 aromatic carbocycles. The van der Waals surface area contributed by atoms with Crippen LogP contribution in [0.5, 0.6) is 0 Å². The molecule has 0 amide bonds. The lowest BCUT2D eigenvalue weighted by Gasteiger charge is -2.03. The second-order valence-electron chi connectivity index (χ2n) is 4.34. The highest BCUT2D eigenvalue weighted by Crippen LogP contribution is 2.27. The molecule has 0 unspecified atom stereocenters. The summed E-state index contributed by atoms with van der Waals surface area (Å²) in [7, 11) is 0. The maximum atomic E-state index is 10.9. The molecule has 1 heterocycles.